The molecule has 8 heteroatoms. The number of piperidine rings is 1. The summed E-state index contributed by atoms with van der Waals surface area (Å²) in [5.41, 5.74) is 5.37. The fourth-order valence-corrected chi connectivity index (χ4v) is 4.77. The van der Waals surface area contributed by atoms with Crippen molar-refractivity contribution in [2.45, 2.75) is 52.4 Å². The standard InChI is InChI=1S/C27H31N5O3/c1-3-19-5-4-6-22(15-19)28-26(33)21-11-13-31(14-12-21)27(34)25-23-17-35-24(16-32(23)30-29-25)20-9-7-18(2)8-10-20/h4-10,15,21,24H,3,11-14,16-17H2,1-2H3,(H,28,33). The predicted molar refractivity (Wildman–Crippen MR) is 132 cm³/mol. The number of nitrogens with zero attached hydrogens (tertiary/aromatic N) is 4. The molecule has 35 heavy (non-hydrogen) atoms. The number of amides is 2. The summed E-state index contributed by atoms with van der Waals surface area (Å²) in [5.74, 6) is -0.239. The van der Waals surface area contributed by atoms with E-state index in [2.05, 4.69) is 59.8 Å². The molecule has 2 amide bonds. The molecule has 3 heterocycles. The third kappa shape index (κ3) is 4.98. The van der Waals surface area contributed by atoms with Gasteiger partial charge < -0.3 is 15.0 Å². The molecule has 0 saturated carbocycles. The third-order valence-corrected chi connectivity index (χ3v) is 7.01. The quantitative estimate of drug-likeness (QED) is 0.607. The van der Waals surface area contributed by atoms with Crippen LogP contribution in [-0.4, -0.2) is 44.8 Å². The van der Waals surface area contributed by atoms with Crippen molar-refractivity contribution in [3.05, 3.63) is 76.6 Å². The molecule has 1 aromatic heterocycles. The highest BCUT2D eigenvalue weighted by molar-refractivity contribution is 5.94. The molecule has 2 aliphatic rings. The Balaban J connectivity index is 1.18. The van der Waals surface area contributed by atoms with Crippen molar-refractivity contribution in [1.29, 1.82) is 0 Å². The number of hydrogen-bond acceptors (Lipinski definition) is 5. The lowest BCUT2D eigenvalue weighted by atomic mass is 9.95. The number of carbonyl (C=O) groups excluding carboxylic acids is 2. The molecular weight excluding hydrogens is 442 g/mol. The second-order valence-corrected chi connectivity index (χ2v) is 9.39. The van der Waals surface area contributed by atoms with Crippen LogP contribution >= 0.6 is 0 Å². The Bertz CT molecular complexity index is 1210. The number of carbonyl (C=O) groups is 2. The van der Waals surface area contributed by atoms with Crippen LogP contribution in [0.3, 0.4) is 0 Å². The fourth-order valence-electron chi connectivity index (χ4n) is 4.77. The molecule has 182 valence electrons. The molecule has 3 aromatic rings. The first-order chi connectivity index (χ1) is 17.0. The maximum Gasteiger partial charge on any atom is 0.276 e. The molecule has 1 N–H and O–H groups in total. The van der Waals surface area contributed by atoms with E-state index in [9.17, 15) is 9.59 Å². The molecule has 8 nitrogen and oxygen atoms in total. The summed E-state index contributed by atoms with van der Waals surface area (Å²) in [6.45, 7) is 6.01. The Morgan fingerprint density at radius 1 is 1.11 bits per heavy atom. The number of aromatic nitrogens is 3. The van der Waals surface area contributed by atoms with E-state index in [1.165, 1.54) is 11.1 Å². The van der Waals surface area contributed by atoms with Crippen molar-refractivity contribution < 1.29 is 14.3 Å². The summed E-state index contributed by atoms with van der Waals surface area (Å²) in [6, 6.07) is 16.2. The summed E-state index contributed by atoms with van der Waals surface area (Å²) in [5, 5.41) is 11.5. The minimum atomic E-state index is -0.141. The van der Waals surface area contributed by atoms with Crippen LogP contribution in [0.25, 0.3) is 0 Å². The van der Waals surface area contributed by atoms with Crippen molar-refractivity contribution in [2.75, 3.05) is 18.4 Å². The van der Waals surface area contributed by atoms with Gasteiger partial charge in [0.15, 0.2) is 5.69 Å². The Morgan fingerprint density at radius 2 is 1.89 bits per heavy atom. The van der Waals surface area contributed by atoms with Gasteiger partial charge in [0.05, 0.1) is 18.8 Å². The zero-order valence-electron chi connectivity index (χ0n) is 20.2. The van der Waals surface area contributed by atoms with Crippen LogP contribution in [0.2, 0.25) is 0 Å². The van der Waals surface area contributed by atoms with Crippen molar-refractivity contribution in [2.24, 2.45) is 5.92 Å². The molecule has 0 bridgehead atoms. The number of rotatable bonds is 5. The van der Waals surface area contributed by atoms with Gasteiger partial charge in [0.2, 0.25) is 5.91 Å². The smallest absolute Gasteiger partial charge is 0.276 e. The van der Waals surface area contributed by atoms with E-state index >= 15 is 0 Å². The SMILES string of the molecule is CCc1cccc(NC(=O)C2CCN(C(=O)c3nnn4c3COC(c3ccc(C)cc3)C4)CC2)c1. The molecule has 0 radical (unpaired) electrons. The Labute approximate surface area is 205 Å². The van der Waals surface area contributed by atoms with E-state index in [4.69, 9.17) is 4.74 Å². The van der Waals surface area contributed by atoms with E-state index in [0.717, 1.165) is 17.7 Å². The van der Waals surface area contributed by atoms with Gasteiger partial charge in [-0.15, -0.1) is 5.10 Å². The zero-order valence-corrected chi connectivity index (χ0v) is 20.2. The van der Waals surface area contributed by atoms with Gasteiger partial charge in [0.1, 0.15) is 6.10 Å². The largest absolute Gasteiger partial charge is 0.365 e. The molecule has 2 aromatic carbocycles. The second-order valence-electron chi connectivity index (χ2n) is 9.39. The zero-order chi connectivity index (χ0) is 24.4. The summed E-state index contributed by atoms with van der Waals surface area (Å²) in [4.78, 5) is 27.8. The minimum absolute atomic E-state index is 0.0157. The van der Waals surface area contributed by atoms with Crippen LogP contribution in [0.1, 0.15) is 58.7 Å². The lowest BCUT2D eigenvalue weighted by Crippen LogP contribution is -2.42. The number of hydrogen-bond donors (Lipinski definition) is 1. The van der Waals surface area contributed by atoms with E-state index in [0.29, 0.717) is 50.5 Å². The van der Waals surface area contributed by atoms with Crippen LogP contribution in [0.15, 0.2) is 48.5 Å². The van der Waals surface area contributed by atoms with Crippen molar-refractivity contribution in [1.82, 2.24) is 19.9 Å². The first-order valence-corrected chi connectivity index (χ1v) is 12.3. The summed E-state index contributed by atoms with van der Waals surface area (Å²) >= 11 is 0. The van der Waals surface area contributed by atoms with Crippen LogP contribution in [0.5, 0.6) is 0 Å². The van der Waals surface area contributed by atoms with Crippen molar-refractivity contribution >= 4 is 17.5 Å². The van der Waals surface area contributed by atoms with E-state index in [-0.39, 0.29) is 23.8 Å². The predicted octanol–water partition coefficient (Wildman–Crippen LogP) is 3.91. The summed E-state index contributed by atoms with van der Waals surface area (Å²) < 4.78 is 7.85. The molecule has 1 saturated heterocycles. The van der Waals surface area contributed by atoms with Gasteiger partial charge in [-0.05, 0) is 49.4 Å². The average Bonchev–Trinajstić information content (AvgIpc) is 3.32. The average molecular weight is 474 g/mol. The molecule has 1 unspecified atom stereocenters. The molecule has 1 atom stereocenters. The highest BCUT2D eigenvalue weighted by Gasteiger charge is 2.33. The Kier molecular flexibility index (Phi) is 6.63. The molecule has 0 spiro atoms. The van der Waals surface area contributed by atoms with Gasteiger partial charge in [0.25, 0.3) is 5.91 Å². The van der Waals surface area contributed by atoms with Gasteiger partial charge in [-0.1, -0.05) is 54.1 Å². The summed E-state index contributed by atoms with van der Waals surface area (Å²) in [6.07, 6.45) is 2.06. The number of anilines is 1. The van der Waals surface area contributed by atoms with Crippen molar-refractivity contribution in [3.63, 3.8) is 0 Å². The van der Waals surface area contributed by atoms with E-state index in [1.54, 1.807) is 9.58 Å². The Morgan fingerprint density at radius 3 is 2.63 bits per heavy atom. The number of likely N-dealkylation sites (tertiary alicyclic amines) is 1. The normalized spacial score (nSPS) is 18.2. The number of fused-ring (bicyclic) bond motifs is 1. The fraction of sp³-hybridized carbons (Fsp3) is 0.407. The minimum Gasteiger partial charge on any atom is -0.365 e. The highest BCUT2D eigenvalue weighted by atomic mass is 16.5. The molecule has 2 aliphatic heterocycles. The molecule has 5 rings (SSSR count). The second kappa shape index (κ2) is 10.00. The first-order valence-electron chi connectivity index (χ1n) is 12.3. The van der Waals surface area contributed by atoms with E-state index in [1.807, 2.05) is 18.2 Å². The lowest BCUT2D eigenvalue weighted by Gasteiger charge is -2.31. The van der Waals surface area contributed by atoms with Crippen LogP contribution in [0, 0.1) is 12.8 Å². The molecule has 1 fully saturated rings. The maximum absolute atomic E-state index is 13.2. The van der Waals surface area contributed by atoms with Gasteiger partial charge in [-0.25, -0.2) is 4.68 Å². The Hall–Kier alpha value is -3.52. The summed E-state index contributed by atoms with van der Waals surface area (Å²) in [7, 11) is 0. The van der Waals surface area contributed by atoms with Gasteiger partial charge in [-0.2, -0.15) is 0 Å². The monoisotopic (exact) mass is 473 g/mol. The highest BCUT2D eigenvalue weighted by Crippen LogP contribution is 2.28. The van der Waals surface area contributed by atoms with E-state index < -0.39 is 0 Å². The van der Waals surface area contributed by atoms with Crippen LogP contribution in [0.4, 0.5) is 5.69 Å². The van der Waals surface area contributed by atoms with Crippen LogP contribution in [-0.2, 0) is 29.1 Å². The number of ether oxygens (including phenoxy) is 1. The number of nitrogens with one attached hydrogen (secondary N) is 1. The maximum atomic E-state index is 13.2. The van der Waals surface area contributed by atoms with Crippen LogP contribution < -0.4 is 5.32 Å². The van der Waals surface area contributed by atoms with Gasteiger partial charge in [-0.3, -0.25) is 9.59 Å². The van der Waals surface area contributed by atoms with Gasteiger partial charge >= 0.3 is 0 Å². The van der Waals surface area contributed by atoms with Crippen molar-refractivity contribution in [3.8, 4) is 0 Å². The topological polar surface area (TPSA) is 89.4 Å². The van der Waals surface area contributed by atoms with Gasteiger partial charge in [0, 0.05) is 24.7 Å². The number of aryl methyl sites for hydroxylation is 2. The third-order valence-electron chi connectivity index (χ3n) is 7.01. The lowest BCUT2D eigenvalue weighted by molar-refractivity contribution is -0.121. The molecular formula is C27H31N5O3. The number of benzene rings is 2. The first kappa shape index (κ1) is 23.2. The molecule has 0 aliphatic carbocycles.